The van der Waals surface area contributed by atoms with Crippen molar-refractivity contribution in [2.24, 2.45) is 5.10 Å². The van der Waals surface area contributed by atoms with Gasteiger partial charge in [-0.2, -0.15) is 5.10 Å². The summed E-state index contributed by atoms with van der Waals surface area (Å²) in [6, 6.07) is 13.4. The summed E-state index contributed by atoms with van der Waals surface area (Å²) in [5.74, 6) is -1.32. The van der Waals surface area contributed by atoms with Crippen molar-refractivity contribution >= 4 is 23.0 Å². The number of benzene rings is 2. The molecule has 0 bridgehead atoms. The molecule has 0 heterocycles. The van der Waals surface area contributed by atoms with Crippen LogP contribution in [-0.4, -0.2) is 10.8 Å². The molecule has 114 valence electrons. The Kier molecular flexibility index (Phi) is 5.55. The van der Waals surface area contributed by atoms with Crippen LogP contribution in [0.3, 0.4) is 0 Å². The lowest BCUT2D eigenvalue weighted by molar-refractivity contribution is 0.578. The van der Waals surface area contributed by atoms with Crippen LogP contribution in [0, 0.1) is 11.6 Å². The molecule has 0 spiro atoms. The maximum absolute atomic E-state index is 13.6. The van der Waals surface area contributed by atoms with Crippen LogP contribution in [0.1, 0.15) is 18.1 Å². The highest BCUT2D eigenvalue weighted by Crippen LogP contribution is 2.12. The normalized spacial score (nSPS) is 11.1. The van der Waals surface area contributed by atoms with Gasteiger partial charge in [-0.15, -0.1) is 0 Å². The average Bonchev–Trinajstić information content (AvgIpc) is 2.52. The van der Waals surface area contributed by atoms with E-state index in [1.54, 1.807) is 0 Å². The Morgan fingerprint density at radius 2 is 1.68 bits per heavy atom. The van der Waals surface area contributed by atoms with Gasteiger partial charge in [0.25, 0.3) is 0 Å². The van der Waals surface area contributed by atoms with E-state index in [0.717, 1.165) is 5.56 Å². The van der Waals surface area contributed by atoms with Crippen LogP contribution in [0.25, 0.3) is 0 Å². The standard InChI is InChI=1S/C16H15F2N3S/c1-11(15-13(17)8-5-9-14(15)18)20-21-16(22)19-10-12-6-3-2-4-7-12/h2-9H,10H2,1H3,(H2,19,21,22)/b20-11-. The van der Waals surface area contributed by atoms with Crippen LogP contribution < -0.4 is 10.7 Å². The molecule has 6 heteroatoms. The maximum Gasteiger partial charge on any atom is 0.187 e. The zero-order valence-electron chi connectivity index (χ0n) is 11.9. The SMILES string of the molecule is C/C(=N/NC(=S)NCc1ccccc1)c1c(F)cccc1F. The molecule has 0 atom stereocenters. The number of halogens is 2. The molecule has 2 rings (SSSR count). The number of nitrogens with one attached hydrogen (secondary N) is 2. The molecule has 0 saturated heterocycles. The van der Waals surface area contributed by atoms with E-state index in [1.165, 1.54) is 25.1 Å². The maximum atomic E-state index is 13.6. The first-order chi connectivity index (χ1) is 10.6. The first kappa shape index (κ1) is 16.0. The molecule has 3 nitrogen and oxygen atoms in total. The van der Waals surface area contributed by atoms with Crippen LogP contribution in [0.4, 0.5) is 8.78 Å². The molecule has 0 fully saturated rings. The average molecular weight is 319 g/mol. The Morgan fingerprint density at radius 1 is 1.05 bits per heavy atom. The predicted molar refractivity (Wildman–Crippen MR) is 87.6 cm³/mol. The van der Waals surface area contributed by atoms with Crippen LogP contribution in [0.15, 0.2) is 53.6 Å². The van der Waals surface area contributed by atoms with E-state index in [9.17, 15) is 8.78 Å². The minimum Gasteiger partial charge on any atom is -0.357 e. The molecule has 0 aromatic heterocycles. The quantitative estimate of drug-likeness (QED) is 0.515. The highest BCUT2D eigenvalue weighted by atomic mass is 32.1. The molecular formula is C16H15F2N3S. The third-order valence-electron chi connectivity index (χ3n) is 2.95. The fraction of sp³-hybridized carbons (Fsp3) is 0.125. The molecule has 2 aromatic rings. The summed E-state index contributed by atoms with van der Waals surface area (Å²) in [6.45, 7) is 2.05. The monoisotopic (exact) mass is 319 g/mol. The van der Waals surface area contributed by atoms with Gasteiger partial charge in [0.05, 0.1) is 11.3 Å². The fourth-order valence-corrected chi connectivity index (χ4v) is 1.97. The van der Waals surface area contributed by atoms with E-state index in [-0.39, 0.29) is 16.4 Å². The Bertz CT molecular complexity index is 667. The van der Waals surface area contributed by atoms with Crippen molar-refractivity contribution in [3.8, 4) is 0 Å². The molecular weight excluding hydrogens is 304 g/mol. The third-order valence-corrected chi connectivity index (χ3v) is 3.18. The number of thiocarbonyl (C=S) groups is 1. The lowest BCUT2D eigenvalue weighted by atomic mass is 10.1. The lowest BCUT2D eigenvalue weighted by Crippen LogP contribution is -2.32. The summed E-state index contributed by atoms with van der Waals surface area (Å²) >= 11 is 5.07. The van der Waals surface area contributed by atoms with Gasteiger partial charge in [-0.25, -0.2) is 8.78 Å². The van der Waals surface area contributed by atoms with Crippen molar-refractivity contribution < 1.29 is 8.78 Å². The molecule has 0 aliphatic rings. The summed E-state index contributed by atoms with van der Waals surface area (Å²) < 4.78 is 27.2. The summed E-state index contributed by atoms with van der Waals surface area (Å²) in [6.07, 6.45) is 0. The lowest BCUT2D eigenvalue weighted by Gasteiger charge is -2.09. The number of rotatable bonds is 4. The van der Waals surface area contributed by atoms with Gasteiger partial charge in [0, 0.05) is 6.54 Å². The molecule has 2 aromatic carbocycles. The van der Waals surface area contributed by atoms with Crippen molar-refractivity contribution in [3.05, 3.63) is 71.3 Å². The third kappa shape index (κ3) is 4.33. The van der Waals surface area contributed by atoms with Crippen molar-refractivity contribution in [3.63, 3.8) is 0 Å². The Labute approximate surface area is 133 Å². The highest BCUT2D eigenvalue weighted by molar-refractivity contribution is 7.80. The summed E-state index contributed by atoms with van der Waals surface area (Å²) in [5.41, 5.74) is 3.66. The molecule has 0 radical (unpaired) electrons. The number of hydrazone groups is 1. The zero-order chi connectivity index (χ0) is 15.9. The second-order valence-electron chi connectivity index (χ2n) is 4.57. The second kappa shape index (κ2) is 7.61. The van der Waals surface area contributed by atoms with Gasteiger partial charge < -0.3 is 5.32 Å². The molecule has 0 aliphatic heterocycles. The smallest absolute Gasteiger partial charge is 0.187 e. The Morgan fingerprint density at radius 3 is 2.32 bits per heavy atom. The zero-order valence-corrected chi connectivity index (χ0v) is 12.8. The van der Waals surface area contributed by atoms with E-state index in [2.05, 4.69) is 15.8 Å². The van der Waals surface area contributed by atoms with Crippen molar-refractivity contribution in [1.82, 2.24) is 10.7 Å². The van der Waals surface area contributed by atoms with E-state index in [4.69, 9.17) is 12.2 Å². The van der Waals surface area contributed by atoms with E-state index < -0.39 is 11.6 Å². The molecule has 0 saturated carbocycles. The van der Waals surface area contributed by atoms with Crippen LogP contribution in [-0.2, 0) is 6.54 Å². The van der Waals surface area contributed by atoms with Crippen LogP contribution >= 0.6 is 12.2 Å². The minimum absolute atomic E-state index is 0.166. The Balaban J connectivity index is 1.94. The number of hydrogen-bond acceptors (Lipinski definition) is 2. The van der Waals surface area contributed by atoms with Crippen molar-refractivity contribution in [1.29, 1.82) is 0 Å². The van der Waals surface area contributed by atoms with E-state index in [0.29, 0.717) is 6.54 Å². The number of hydrogen-bond donors (Lipinski definition) is 2. The van der Waals surface area contributed by atoms with Crippen molar-refractivity contribution in [2.45, 2.75) is 13.5 Å². The van der Waals surface area contributed by atoms with E-state index in [1.807, 2.05) is 30.3 Å². The number of nitrogens with zero attached hydrogens (tertiary/aromatic N) is 1. The summed E-state index contributed by atoms with van der Waals surface area (Å²) in [4.78, 5) is 0. The molecule has 2 N–H and O–H groups in total. The Hall–Kier alpha value is -2.34. The minimum atomic E-state index is -0.661. The van der Waals surface area contributed by atoms with Gasteiger partial charge in [-0.1, -0.05) is 36.4 Å². The molecule has 0 aliphatic carbocycles. The molecule has 0 unspecified atom stereocenters. The van der Waals surface area contributed by atoms with Gasteiger partial charge >= 0.3 is 0 Å². The summed E-state index contributed by atoms with van der Waals surface area (Å²) in [7, 11) is 0. The van der Waals surface area contributed by atoms with E-state index >= 15 is 0 Å². The molecule has 22 heavy (non-hydrogen) atoms. The van der Waals surface area contributed by atoms with Gasteiger partial charge in [-0.05, 0) is 36.8 Å². The first-order valence-corrected chi connectivity index (χ1v) is 7.05. The van der Waals surface area contributed by atoms with Gasteiger partial charge in [-0.3, -0.25) is 5.43 Å². The topological polar surface area (TPSA) is 36.4 Å². The summed E-state index contributed by atoms with van der Waals surface area (Å²) in [5, 5.41) is 7.15. The van der Waals surface area contributed by atoms with Crippen LogP contribution in [0.5, 0.6) is 0 Å². The first-order valence-electron chi connectivity index (χ1n) is 6.64. The largest absolute Gasteiger partial charge is 0.357 e. The fourth-order valence-electron chi connectivity index (χ4n) is 1.85. The van der Waals surface area contributed by atoms with Crippen molar-refractivity contribution in [2.75, 3.05) is 0 Å². The highest BCUT2D eigenvalue weighted by Gasteiger charge is 2.11. The molecule has 0 amide bonds. The van der Waals surface area contributed by atoms with Gasteiger partial charge in [0.15, 0.2) is 5.11 Å². The van der Waals surface area contributed by atoms with Crippen LogP contribution in [0.2, 0.25) is 0 Å². The predicted octanol–water partition coefficient (Wildman–Crippen LogP) is 3.35. The second-order valence-corrected chi connectivity index (χ2v) is 4.98. The van der Waals surface area contributed by atoms with Gasteiger partial charge in [0.2, 0.25) is 0 Å². The van der Waals surface area contributed by atoms with Gasteiger partial charge in [0.1, 0.15) is 11.6 Å².